The van der Waals surface area contributed by atoms with Gasteiger partial charge in [-0.2, -0.15) is 0 Å². The fraction of sp³-hybridized carbons (Fsp3) is 0.647. The predicted molar refractivity (Wildman–Crippen MR) is 80.4 cm³/mol. The van der Waals surface area contributed by atoms with Crippen LogP contribution in [0.4, 0.5) is 0 Å². The summed E-state index contributed by atoms with van der Waals surface area (Å²) < 4.78 is 0. The van der Waals surface area contributed by atoms with Gasteiger partial charge in [0, 0.05) is 25.2 Å². The van der Waals surface area contributed by atoms with Crippen LogP contribution in [0.5, 0.6) is 0 Å². The lowest BCUT2D eigenvalue weighted by Crippen LogP contribution is -2.38. The third-order valence-corrected chi connectivity index (χ3v) is 4.56. The molecule has 1 N–H and O–H groups in total. The Morgan fingerprint density at radius 3 is 2.74 bits per heavy atom. The third kappa shape index (κ3) is 3.37. The first-order valence-electron chi connectivity index (χ1n) is 7.76. The largest absolute Gasteiger partial charge is 0.313 e. The molecule has 1 aromatic rings. The van der Waals surface area contributed by atoms with Crippen LogP contribution in [0.2, 0.25) is 0 Å². The molecule has 1 atom stereocenters. The number of aryl methyl sites for hydroxylation is 2. The maximum atomic E-state index is 3.64. The van der Waals surface area contributed by atoms with E-state index in [0.29, 0.717) is 0 Å². The van der Waals surface area contributed by atoms with Crippen LogP contribution >= 0.6 is 0 Å². The number of nitrogens with one attached hydrogen (secondary N) is 1. The van der Waals surface area contributed by atoms with Gasteiger partial charge in [0.15, 0.2) is 0 Å². The van der Waals surface area contributed by atoms with Gasteiger partial charge in [-0.1, -0.05) is 23.8 Å². The van der Waals surface area contributed by atoms with Gasteiger partial charge in [-0.05, 0) is 57.2 Å². The summed E-state index contributed by atoms with van der Waals surface area (Å²) in [5, 5.41) is 3.64. The Labute approximate surface area is 117 Å². The fourth-order valence-corrected chi connectivity index (χ4v) is 3.17. The Balaban J connectivity index is 1.68. The molecule has 2 fully saturated rings. The molecular weight excluding hydrogens is 232 g/mol. The molecule has 2 heteroatoms. The topological polar surface area (TPSA) is 15.3 Å². The molecule has 1 saturated heterocycles. The monoisotopic (exact) mass is 258 g/mol. The number of rotatable bonds is 5. The van der Waals surface area contributed by atoms with Gasteiger partial charge in [-0.3, -0.25) is 4.90 Å². The Morgan fingerprint density at radius 1 is 1.21 bits per heavy atom. The van der Waals surface area contributed by atoms with Gasteiger partial charge in [0.05, 0.1) is 0 Å². The average Bonchev–Trinajstić information content (AvgIpc) is 3.12. The van der Waals surface area contributed by atoms with Crippen molar-refractivity contribution in [3.8, 4) is 0 Å². The van der Waals surface area contributed by atoms with Crippen LogP contribution < -0.4 is 5.32 Å². The molecule has 1 unspecified atom stereocenters. The molecule has 3 rings (SSSR count). The number of nitrogens with zero attached hydrogens (tertiary/aromatic N) is 1. The lowest BCUT2D eigenvalue weighted by Gasteiger charge is -2.26. The zero-order valence-corrected chi connectivity index (χ0v) is 12.3. The van der Waals surface area contributed by atoms with Gasteiger partial charge < -0.3 is 5.32 Å². The summed E-state index contributed by atoms with van der Waals surface area (Å²) in [5.74, 6) is 0. The van der Waals surface area contributed by atoms with E-state index in [1.54, 1.807) is 0 Å². The van der Waals surface area contributed by atoms with E-state index in [1.807, 2.05) is 0 Å². The minimum absolute atomic E-state index is 0.728. The molecule has 1 aliphatic heterocycles. The molecule has 19 heavy (non-hydrogen) atoms. The molecule has 0 spiro atoms. The second-order valence-corrected chi connectivity index (χ2v) is 6.38. The number of hydrogen-bond acceptors (Lipinski definition) is 2. The molecule has 1 aromatic carbocycles. The highest BCUT2D eigenvalue weighted by atomic mass is 15.2. The van der Waals surface area contributed by atoms with Crippen LogP contribution in [0, 0.1) is 13.8 Å². The summed E-state index contributed by atoms with van der Waals surface area (Å²) in [6.45, 7) is 8.03. The number of benzene rings is 1. The lowest BCUT2D eigenvalue weighted by atomic mass is 10.0. The van der Waals surface area contributed by atoms with E-state index in [-0.39, 0.29) is 0 Å². The number of hydrogen-bond donors (Lipinski definition) is 1. The van der Waals surface area contributed by atoms with Crippen molar-refractivity contribution < 1.29 is 0 Å². The first-order chi connectivity index (χ1) is 9.22. The molecule has 2 nitrogen and oxygen atoms in total. The molecule has 0 bridgehead atoms. The van der Waals surface area contributed by atoms with E-state index in [2.05, 4.69) is 42.3 Å². The highest BCUT2D eigenvalue weighted by Gasteiger charge is 2.31. The zero-order valence-electron chi connectivity index (χ0n) is 12.3. The maximum absolute atomic E-state index is 3.64. The van der Waals surface area contributed by atoms with Crippen LogP contribution in [0.3, 0.4) is 0 Å². The Hall–Kier alpha value is -0.860. The first kappa shape index (κ1) is 13.1. The van der Waals surface area contributed by atoms with Crippen molar-refractivity contribution in [2.75, 3.05) is 13.1 Å². The van der Waals surface area contributed by atoms with Crippen molar-refractivity contribution in [3.05, 3.63) is 34.9 Å². The SMILES string of the molecule is Cc1ccc(C)c(CN(CC2CCCN2)C2CC2)c1. The smallest absolute Gasteiger partial charge is 0.0240 e. The van der Waals surface area contributed by atoms with Gasteiger partial charge >= 0.3 is 0 Å². The Kier molecular flexibility index (Phi) is 3.90. The molecule has 2 aliphatic rings. The molecule has 1 heterocycles. The minimum Gasteiger partial charge on any atom is -0.313 e. The van der Waals surface area contributed by atoms with E-state index >= 15 is 0 Å². The summed E-state index contributed by atoms with van der Waals surface area (Å²) in [5.41, 5.74) is 4.34. The first-order valence-corrected chi connectivity index (χ1v) is 7.76. The fourth-order valence-electron chi connectivity index (χ4n) is 3.17. The van der Waals surface area contributed by atoms with E-state index in [9.17, 15) is 0 Å². The van der Waals surface area contributed by atoms with Crippen molar-refractivity contribution in [1.29, 1.82) is 0 Å². The van der Waals surface area contributed by atoms with Gasteiger partial charge in [-0.15, -0.1) is 0 Å². The highest BCUT2D eigenvalue weighted by Crippen LogP contribution is 2.29. The summed E-state index contributed by atoms with van der Waals surface area (Å²) in [6, 6.07) is 8.43. The van der Waals surface area contributed by atoms with E-state index in [0.717, 1.165) is 18.6 Å². The van der Waals surface area contributed by atoms with Crippen LogP contribution in [0.1, 0.15) is 42.4 Å². The van der Waals surface area contributed by atoms with Crippen LogP contribution in [0.25, 0.3) is 0 Å². The van der Waals surface area contributed by atoms with Crippen molar-refractivity contribution in [3.63, 3.8) is 0 Å². The Morgan fingerprint density at radius 2 is 2.05 bits per heavy atom. The summed E-state index contributed by atoms with van der Waals surface area (Å²) in [6.07, 6.45) is 5.51. The van der Waals surface area contributed by atoms with Gasteiger partial charge in [0.1, 0.15) is 0 Å². The molecule has 0 amide bonds. The van der Waals surface area contributed by atoms with Crippen LogP contribution in [-0.2, 0) is 6.54 Å². The van der Waals surface area contributed by atoms with Crippen molar-refractivity contribution in [2.24, 2.45) is 0 Å². The lowest BCUT2D eigenvalue weighted by molar-refractivity contribution is 0.231. The molecule has 1 saturated carbocycles. The standard InChI is InChI=1S/C17H26N2/c1-13-5-6-14(2)15(10-13)11-19(17-7-8-17)12-16-4-3-9-18-16/h5-6,10,16-18H,3-4,7-9,11-12H2,1-2H3. The summed E-state index contributed by atoms with van der Waals surface area (Å²) in [7, 11) is 0. The maximum Gasteiger partial charge on any atom is 0.0240 e. The average molecular weight is 258 g/mol. The van der Waals surface area contributed by atoms with Crippen molar-refractivity contribution >= 4 is 0 Å². The summed E-state index contributed by atoms with van der Waals surface area (Å²) in [4.78, 5) is 2.71. The second-order valence-electron chi connectivity index (χ2n) is 6.38. The minimum atomic E-state index is 0.728. The predicted octanol–water partition coefficient (Wildman–Crippen LogP) is 3.02. The van der Waals surface area contributed by atoms with Gasteiger partial charge in [-0.25, -0.2) is 0 Å². The van der Waals surface area contributed by atoms with Crippen molar-refractivity contribution in [1.82, 2.24) is 10.2 Å². The molecule has 0 aromatic heterocycles. The molecule has 1 aliphatic carbocycles. The molecule has 0 radical (unpaired) electrons. The highest BCUT2D eigenvalue weighted by molar-refractivity contribution is 5.30. The molecule has 104 valence electrons. The third-order valence-electron chi connectivity index (χ3n) is 4.56. The van der Waals surface area contributed by atoms with E-state index in [1.165, 1.54) is 55.5 Å². The van der Waals surface area contributed by atoms with Gasteiger partial charge in [0.2, 0.25) is 0 Å². The van der Waals surface area contributed by atoms with E-state index in [4.69, 9.17) is 0 Å². The normalized spacial score (nSPS) is 23.2. The van der Waals surface area contributed by atoms with Gasteiger partial charge in [0.25, 0.3) is 0 Å². The van der Waals surface area contributed by atoms with Crippen LogP contribution in [-0.4, -0.2) is 30.1 Å². The van der Waals surface area contributed by atoms with Crippen LogP contribution in [0.15, 0.2) is 18.2 Å². The Bertz CT molecular complexity index is 431. The second kappa shape index (κ2) is 5.64. The van der Waals surface area contributed by atoms with Crippen molar-refractivity contribution in [2.45, 2.75) is 58.2 Å². The summed E-state index contributed by atoms with van der Waals surface area (Å²) >= 11 is 0. The van der Waals surface area contributed by atoms with E-state index < -0.39 is 0 Å². The zero-order chi connectivity index (χ0) is 13.2. The molecular formula is C17H26N2. The quantitative estimate of drug-likeness (QED) is 0.873.